The van der Waals surface area contributed by atoms with Crippen molar-refractivity contribution in [3.05, 3.63) is 30.3 Å². The van der Waals surface area contributed by atoms with Gasteiger partial charge in [0, 0.05) is 11.5 Å². The van der Waals surface area contributed by atoms with Crippen LogP contribution in [-0.2, 0) is 0 Å². The van der Waals surface area contributed by atoms with Crippen LogP contribution >= 0.6 is 0 Å². The number of methoxy groups -OCH3 is 1. The molecule has 0 saturated heterocycles. The first kappa shape index (κ1) is 9.77. The normalized spacial score (nSPS) is 10.9. The van der Waals surface area contributed by atoms with E-state index in [1.165, 1.54) is 0 Å². The summed E-state index contributed by atoms with van der Waals surface area (Å²) in [5.74, 6) is 1.84. The molecule has 0 amide bonds. The standard InChI is InChI=1S/C12H11N3O2/c1-16-9-4-2-3-7-5-10(17-12(7)9)8-6-11(13)15-14-8/h2-6H,1H3,(H3,13,14,15). The molecule has 3 rings (SSSR count). The molecule has 0 saturated carbocycles. The van der Waals surface area contributed by atoms with Crippen LogP contribution in [0.3, 0.4) is 0 Å². The largest absolute Gasteiger partial charge is 0.493 e. The second-order valence-electron chi connectivity index (χ2n) is 3.70. The van der Waals surface area contributed by atoms with Crippen molar-refractivity contribution in [3.8, 4) is 17.2 Å². The highest BCUT2D eigenvalue weighted by atomic mass is 16.5. The van der Waals surface area contributed by atoms with Crippen LogP contribution in [0.15, 0.2) is 34.7 Å². The number of hydrogen-bond donors (Lipinski definition) is 2. The van der Waals surface area contributed by atoms with Gasteiger partial charge >= 0.3 is 0 Å². The molecule has 0 radical (unpaired) electrons. The molecule has 3 aromatic rings. The van der Waals surface area contributed by atoms with E-state index in [-0.39, 0.29) is 0 Å². The molecular formula is C12H11N3O2. The van der Waals surface area contributed by atoms with Crippen molar-refractivity contribution in [2.24, 2.45) is 0 Å². The number of H-pyrrole nitrogens is 1. The second kappa shape index (κ2) is 3.55. The van der Waals surface area contributed by atoms with Crippen LogP contribution in [0.25, 0.3) is 22.4 Å². The number of nitrogens with one attached hydrogen (secondary N) is 1. The number of rotatable bonds is 2. The van der Waals surface area contributed by atoms with Crippen LogP contribution in [0.1, 0.15) is 0 Å². The molecule has 5 heteroatoms. The van der Waals surface area contributed by atoms with Crippen LogP contribution in [0.5, 0.6) is 5.75 Å². The number of anilines is 1. The number of furan rings is 1. The van der Waals surface area contributed by atoms with Gasteiger partial charge < -0.3 is 14.9 Å². The lowest BCUT2D eigenvalue weighted by Gasteiger charge is -1.98. The summed E-state index contributed by atoms with van der Waals surface area (Å²) in [6.07, 6.45) is 0. The van der Waals surface area contributed by atoms with Crippen molar-refractivity contribution in [1.29, 1.82) is 0 Å². The van der Waals surface area contributed by atoms with Crippen molar-refractivity contribution in [2.75, 3.05) is 12.8 Å². The van der Waals surface area contributed by atoms with Gasteiger partial charge in [-0.15, -0.1) is 0 Å². The number of nitrogens with zero attached hydrogens (tertiary/aromatic N) is 1. The Bertz CT molecular complexity index is 669. The quantitative estimate of drug-likeness (QED) is 0.707. The van der Waals surface area contributed by atoms with Gasteiger partial charge in [-0.05, 0) is 12.1 Å². The zero-order valence-corrected chi connectivity index (χ0v) is 9.23. The van der Waals surface area contributed by atoms with Crippen LogP contribution in [0, 0.1) is 0 Å². The molecule has 0 fully saturated rings. The molecular weight excluding hydrogens is 218 g/mol. The van der Waals surface area contributed by atoms with E-state index < -0.39 is 0 Å². The fraction of sp³-hybridized carbons (Fsp3) is 0.0833. The van der Waals surface area contributed by atoms with Gasteiger partial charge in [-0.3, -0.25) is 5.10 Å². The Labute approximate surface area is 97.2 Å². The first-order valence-electron chi connectivity index (χ1n) is 5.16. The van der Waals surface area contributed by atoms with E-state index in [1.54, 1.807) is 13.2 Å². The Morgan fingerprint density at radius 2 is 2.24 bits per heavy atom. The number of hydrogen-bond acceptors (Lipinski definition) is 4. The minimum Gasteiger partial charge on any atom is -0.493 e. The Hall–Kier alpha value is -2.43. The third-order valence-electron chi connectivity index (χ3n) is 2.59. The first-order chi connectivity index (χ1) is 8.28. The van der Waals surface area contributed by atoms with Crippen molar-refractivity contribution in [2.45, 2.75) is 0 Å². The molecule has 3 N–H and O–H groups in total. The third kappa shape index (κ3) is 1.52. The summed E-state index contributed by atoms with van der Waals surface area (Å²) < 4.78 is 11.0. The lowest BCUT2D eigenvalue weighted by molar-refractivity contribution is 0.411. The maximum Gasteiger partial charge on any atom is 0.176 e. The zero-order valence-electron chi connectivity index (χ0n) is 9.23. The molecule has 0 bridgehead atoms. The summed E-state index contributed by atoms with van der Waals surface area (Å²) in [7, 11) is 1.62. The predicted molar refractivity (Wildman–Crippen MR) is 64.8 cm³/mol. The van der Waals surface area contributed by atoms with Crippen LogP contribution < -0.4 is 10.5 Å². The van der Waals surface area contributed by atoms with Gasteiger partial charge in [-0.1, -0.05) is 12.1 Å². The molecule has 0 aliphatic heterocycles. The number of aromatic amines is 1. The molecule has 17 heavy (non-hydrogen) atoms. The van der Waals surface area contributed by atoms with Crippen molar-refractivity contribution in [3.63, 3.8) is 0 Å². The molecule has 2 aromatic heterocycles. The van der Waals surface area contributed by atoms with Gasteiger partial charge in [-0.25, -0.2) is 0 Å². The SMILES string of the molecule is COc1cccc2cc(-c3cc(N)n[nH]3)oc12. The molecule has 1 aromatic carbocycles. The second-order valence-corrected chi connectivity index (χ2v) is 3.70. The number of para-hydroxylation sites is 1. The Kier molecular flexibility index (Phi) is 2.04. The van der Waals surface area contributed by atoms with E-state index in [2.05, 4.69) is 10.2 Å². The van der Waals surface area contributed by atoms with Gasteiger partial charge in [0.15, 0.2) is 17.1 Å². The monoisotopic (exact) mass is 229 g/mol. The molecule has 0 atom stereocenters. The van der Waals surface area contributed by atoms with Crippen molar-refractivity contribution >= 4 is 16.8 Å². The van der Waals surface area contributed by atoms with Crippen LogP contribution in [0.2, 0.25) is 0 Å². The van der Waals surface area contributed by atoms with Crippen molar-refractivity contribution in [1.82, 2.24) is 10.2 Å². The Balaban J connectivity index is 2.19. The number of aromatic nitrogens is 2. The van der Waals surface area contributed by atoms with E-state index >= 15 is 0 Å². The first-order valence-corrected chi connectivity index (χ1v) is 5.16. The van der Waals surface area contributed by atoms with E-state index in [0.717, 1.165) is 16.7 Å². The van der Waals surface area contributed by atoms with Crippen molar-refractivity contribution < 1.29 is 9.15 Å². The van der Waals surface area contributed by atoms with E-state index in [0.29, 0.717) is 17.3 Å². The van der Waals surface area contributed by atoms with E-state index in [4.69, 9.17) is 14.9 Å². The van der Waals surface area contributed by atoms with Gasteiger partial charge in [0.05, 0.1) is 7.11 Å². The molecule has 86 valence electrons. The predicted octanol–water partition coefficient (Wildman–Crippen LogP) is 2.41. The molecule has 0 aliphatic rings. The molecule has 5 nitrogen and oxygen atoms in total. The topological polar surface area (TPSA) is 77.1 Å². The molecule has 0 unspecified atom stereocenters. The average molecular weight is 229 g/mol. The van der Waals surface area contributed by atoms with Gasteiger partial charge in [0.1, 0.15) is 11.5 Å². The minimum atomic E-state index is 0.437. The maximum absolute atomic E-state index is 5.74. The lowest BCUT2D eigenvalue weighted by atomic mass is 10.2. The fourth-order valence-electron chi connectivity index (χ4n) is 1.79. The summed E-state index contributed by atoms with van der Waals surface area (Å²) in [6, 6.07) is 9.39. The average Bonchev–Trinajstić information content (AvgIpc) is 2.93. The zero-order chi connectivity index (χ0) is 11.8. The summed E-state index contributed by atoms with van der Waals surface area (Å²) in [5, 5.41) is 7.66. The lowest BCUT2D eigenvalue weighted by Crippen LogP contribution is -1.81. The number of ether oxygens (including phenoxy) is 1. The number of fused-ring (bicyclic) bond motifs is 1. The smallest absolute Gasteiger partial charge is 0.176 e. The van der Waals surface area contributed by atoms with Crippen LogP contribution in [-0.4, -0.2) is 17.3 Å². The Morgan fingerprint density at radius 1 is 1.35 bits per heavy atom. The molecule has 0 spiro atoms. The molecule has 2 heterocycles. The molecule has 0 aliphatic carbocycles. The highest BCUT2D eigenvalue weighted by molar-refractivity contribution is 5.87. The minimum absolute atomic E-state index is 0.437. The number of nitrogen functional groups attached to an aromatic ring is 1. The van der Waals surface area contributed by atoms with Crippen LogP contribution in [0.4, 0.5) is 5.82 Å². The van der Waals surface area contributed by atoms with Gasteiger partial charge in [0.2, 0.25) is 0 Å². The highest BCUT2D eigenvalue weighted by Crippen LogP contribution is 2.32. The van der Waals surface area contributed by atoms with E-state index in [9.17, 15) is 0 Å². The van der Waals surface area contributed by atoms with Gasteiger partial charge in [0.25, 0.3) is 0 Å². The van der Waals surface area contributed by atoms with Gasteiger partial charge in [-0.2, -0.15) is 5.10 Å². The number of benzene rings is 1. The number of nitrogens with two attached hydrogens (primary N) is 1. The summed E-state index contributed by atoms with van der Waals surface area (Å²) in [5.41, 5.74) is 7.03. The maximum atomic E-state index is 5.74. The third-order valence-corrected chi connectivity index (χ3v) is 2.59. The highest BCUT2D eigenvalue weighted by Gasteiger charge is 2.11. The van der Waals surface area contributed by atoms with E-state index in [1.807, 2.05) is 24.3 Å². The summed E-state index contributed by atoms with van der Waals surface area (Å²) in [6.45, 7) is 0. The Morgan fingerprint density at radius 3 is 2.94 bits per heavy atom. The summed E-state index contributed by atoms with van der Waals surface area (Å²) >= 11 is 0. The summed E-state index contributed by atoms with van der Waals surface area (Å²) in [4.78, 5) is 0. The fourth-order valence-corrected chi connectivity index (χ4v) is 1.79.